The smallest absolute Gasteiger partial charge is 0.305 e. The molecule has 0 bridgehead atoms. The highest BCUT2D eigenvalue weighted by Crippen LogP contribution is 2.15. The molecule has 6 nitrogen and oxygen atoms in total. The van der Waals surface area contributed by atoms with Crippen molar-refractivity contribution in [2.75, 3.05) is 13.2 Å². The van der Waals surface area contributed by atoms with Crippen LogP contribution in [0, 0.1) is 0 Å². The first-order valence-electron chi connectivity index (χ1n) is 25.9. The number of nitrogens with one attached hydrogen (secondary N) is 1. The predicted molar refractivity (Wildman–Crippen MR) is 259 cm³/mol. The van der Waals surface area contributed by atoms with Crippen molar-refractivity contribution in [2.24, 2.45) is 0 Å². The standard InChI is InChI=1S/C54H99NO5/c1-3-5-7-9-11-13-15-17-19-20-21-23-25-27-32-36-40-44-48-54(59)60-49-45-41-37-33-29-28-31-35-39-43-47-53(58)55-51(50-56)52(57)46-42-38-34-30-26-24-22-18-16-14-12-10-8-6-4-2/h13,15,19-20,29,33,42,46,51-52,56-57H,3-12,14,16-18,21-28,30-32,34-41,43-45,47-50H2,1-2H3,(H,55,58)/b15-13-,20-19-,33-29-,46-42+. The number of hydrogen-bond donors (Lipinski definition) is 3. The van der Waals surface area contributed by atoms with E-state index in [1.54, 1.807) is 6.08 Å². The van der Waals surface area contributed by atoms with E-state index in [-0.39, 0.29) is 18.5 Å². The number of allylic oxidation sites excluding steroid dienone is 7. The third-order valence-corrected chi connectivity index (χ3v) is 11.6. The molecule has 0 radical (unpaired) electrons. The van der Waals surface area contributed by atoms with E-state index in [9.17, 15) is 19.8 Å². The van der Waals surface area contributed by atoms with Crippen molar-refractivity contribution in [3.63, 3.8) is 0 Å². The minimum absolute atomic E-state index is 0.0466. The Morgan fingerprint density at radius 3 is 1.30 bits per heavy atom. The number of unbranched alkanes of at least 4 members (excludes halogenated alkanes) is 30. The van der Waals surface area contributed by atoms with Crippen molar-refractivity contribution in [2.45, 2.75) is 270 Å². The van der Waals surface area contributed by atoms with Gasteiger partial charge in [0.1, 0.15) is 0 Å². The Morgan fingerprint density at radius 1 is 0.467 bits per heavy atom. The zero-order valence-electron chi connectivity index (χ0n) is 39.7. The molecule has 6 heteroatoms. The van der Waals surface area contributed by atoms with Crippen LogP contribution in [0.3, 0.4) is 0 Å². The van der Waals surface area contributed by atoms with E-state index in [4.69, 9.17) is 4.74 Å². The van der Waals surface area contributed by atoms with Crippen molar-refractivity contribution in [1.29, 1.82) is 0 Å². The summed E-state index contributed by atoms with van der Waals surface area (Å²) >= 11 is 0. The maximum Gasteiger partial charge on any atom is 0.305 e. The quantitative estimate of drug-likeness (QED) is 0.0322. The Labute approximate surface area is 372 Å². The highest BCUT2D eigenvalue weighted by molar-refractivity contribution is 5.76. The second kappa shape index (κ2) is 49.5. The van der Waals surface area contributed by atoms with Crippen molar-refractivity contribution in [1.82, 2.24) is 5.32 Å². The molecule has 60 heavy (non-hydrogen) atoms. The number of amides is 1. The number of hydrogen-bond acceptors (Lipinski definition) is 5. The van der Waals surface area contributed by atoms with Crippen LogP contribution < -0.4 is 5.32 Å². The fraction of sp³-hybridized carbons (Fsp3) is 0.815. The second-order valence-electron chi connectivity index (χ2n) is 17.5. The molecular formula is C54H99NO5. The fourth-order valence-corrected chi connectivity index (χ4v) is 7.54. The number of ether oxygens (including phenoxy) is 1. The van der Waals surface area contributed by atoms with Crippen LogP contribution in [0.25, 0.3) is 0 Å². The van der Waals surface area contributed by atoms with Gasteiger partial charge in [-0.1, -0.05) is 204 Å². The Kier molecular flexibility index (Phi) is 47.7. The van der Waals surface area contributed by atoms with Crippen LogP contribution in [0.4, 0.5) is 0 Å². The van der Waals surface area contributed by atoms with Gasteiger partial charge < -0.3 is 20.3 Å². The van der Waals surface area contributed by atoms with Gasteiger partial charge in [0.15, 0.2) is 0 Å². The number of carbonyl (C=O) groups excluding carboxylic acids is 2. The number of aliphatic hydroxyl groups is 2. The van der Waals surface area contributed by atoms with Crippen molar-refractivity contribution in [3.8, 4) is 0 Å². The summed E-state index contributed by atoms with van der Waals surface area (Å²) in [4.78, 5) is 24.5. The van der Waals surface area contributed by atoms with Gasteiger partial charge in [0.2, 0.25) is 5.91 Å². The Balaban J connectivity index is 3.57. The molecule has 0 aromatic carbocycles. The number of aliphatic hydroxyl groups excluding tert-OH is 2. The summed E-state index contributed by atoms with van der Waals surface area (Å²) in [5.74, 6) is -0.152. The molecule has 0 aliphatic heterocycles. The van der Waals surface area contributed by atoms with Gasteiger partial charge in [-0.2, -0.15) is 0 Å². The molecule has 0 fully saturated rings. The Bertz CT molecular complexity index is 1020. The summed E-state index contributed by atoms with van der Waals surface area (Å²) in [5, 5.41) is 23.0. The number of carbonyl (C=O) groups is 2. The van der Waals surface area contributed by atoms with Crippen LogP contribution in [0.5, 0.6) is 0 Å². The van der Waals surface area contributed by atoms with Gasteiger partial charge in [-0.15, -0.1) is 0 Å². The number of rotatable bonds is 47. The molecule has 3 N–H and O–H groups in total. The molecule has 350 valence electrons. The van der Waals surface area contributed by atoms with Gasteiger partial charge in [0, 0.05) is 12.8 Å². The highest BCUT2D eigenvalue weighted by Gasteiger charge is 2.18. The largest absolute Gasteiger partial charge is 0.466 e. The molecule has 0 spiro atoms. The van der Waals surface area contributed by atoms with Gasteiger partial charge in [0.25, 0.3) is 0 Å². The molecule has 0 rings (SSSR count). The molecular weight excluding hydrogens is 743 g/mol. The van der Waals surface area contributed by atoms with Crippen LogP contribution >= 0.6 is 0 Å². The van der Waals surface area contributed by atoms with Crippen molar-refractivity contribution in [3.05, 3.63) is 48.6 Å². The molecule has 0 aromatic heterocycles. The molecule has 2 unspecified atom stereocenters. The third kappa shape index (κ3) is 45.3. The maximum atomic E-state index is 12.4. The minimum Gasteiger partial charge on any atom is -0.466 e. The molecule has 0 aliphatic rings. The maximum absolute atomic E-state index is 12.4. The monoisotopic (exact) mass is 842 g/mol. The van der Waals surface area contributed by atoms with Crippen LogP contribution in [0.1, 0.15) is 258 Å². The summed E-state index contributed by atoms with van der Waals surface area (Å²) in [6, 6.07) is -0.654. The molecule has 0 aliphatic carbocycles. The first-order chi connectivity index (χ1) is 29.5. The summed E-state index contributed by atoms with van der Waals surface area (Å²) in [7, 11) is 0. The Morgan fingerprint density at radius 2 is 0.833 bits per heavy atom. The average molecular weight is 842 g/mol. The van der Waals surface area contributed by atoms with Crippen molar-refractivity contribution < 1.29 is 24.5 Å². The van der Waals surface area contributed by atoms with E-state index in [0.29, 0.717) is 19.4 Å². The summed E-state index contributed by atoms with van der Waals surface area (Å²) in [5.41, 5.74) is 0. The van der Waals surface area contributed by atoms with Crippen LogP contribution in [-0.4, -0.2) is 47.4 Å². The first-order valence-corrected chi connectivity index (χ1v) is 25.9. The normalized spacial score (nSPS) is 13.1. The van der Waals surface area contributed by atoms with E-state index in [1.165, 1.54) is 148 Å². The van der Waals surface area contributed by atoms with Crippen molar-refractivity contribution >= 4 is 11.9 Å². The van der Waals surface area contributed by atoms with Gasteiger partial charge >= 0.3 is 5.97 Å². The topological polar surface area (TPSA) is 95.9 Å². The molecule has 0 saturated carbocycles. The lowest BCUT2D eigenvalue weighted by atomic mass is 10.0. The zero-order chi connectivity index (χ0) is 43.7. The third-order valence-electron chi connectivity index (χ3n) is 11.6. The zero-order valence-corrected chi connectivity index (χ0v) is 39.7. The highest BCUT2D eigenvalue weighted by atomic mass is 16.5. The predicted octanol–water partition coefficient (Wildman–Crippen LogP) is 15.5. The van der Waals surface area contributed by atoms with Gasteiger partial charge in [0.05, 0.1) is 25.4 Å². The van der Waals surface area contributed by atoms with E-state index >= 15 is 0 Å². The average Bonchev–Trinajstić information content (AvgIpc) is 3.25. The molecule has 0 heterocycles. The van der Waals surface area contributed by atoms with Gasteiger partial charge in [-0.25, -0.2) is 0 Å². The second-order valence-corrected chi connectivity index (χ2v) is 17.5. The summed E-state index contributed by atoms with van der Waals surface area (Å²) in [6.45, 7) is 4.78. The molecule has 0 saturated heterocycles. The summed E-state index contributed by atoms with van der Waals surface area (Å²) < 4.78 is 5.44. The van der Waals surface area contributed by atoms with Gasteiger partial charge in [-0.3, -0.25) is 9.59 Å². The first kappa shape index (κ1) is 57.8. The van der Waals surface area contributed by atoms with E-state index in [1.807, 2.05) is 6.08 Å². The molecule has 0 aromatic rings. The molecule has 2 atom stereocenters. The lowest BCUT2D eigenvalue weighted by Crippen LogP contribution is -2.45. The number of esters is 1. The molecule has 1 amide bonds. The van der Waals surface area contributed by atoms with E-state index < -0.39 is 12.1 Å². The van der Waals surface area contributed by atoms with Crippen LogP contribution in [-0.2, 0) is 14.3 Å². The van der Waals surface area contributed by atoms with Crippen LogP contribution in [0.2, 0.25) is 0 Å². The Hall–Kier alpha value is -2.18. The SMILES string of the molecule is CCCCCC/C=C\C/C=C\CCCCCCCCCC(=O)OCCCC/C=C\CCCCCCC(=O)NC(CO)C(O)/C=C/CCCCCCCCCCCCCCC. The lowest BCUT2D eigenvalue weighted by molar-refractivity contribution is -0.143. The van der Waals surface area contributed by atoms with Gasteiger partial charge in [-0.05, 0) is 89.9 Å². The summed E-state index contributed by atoms with van der Waals surface area (Å²) in [6.07, 6.45) is 61.1. The minimum atomic E-state index is -0.867. The van der Waals surface area contributed by atoms with Crippen LogP contribution in [0.15, 0.2) is 48.6 Å². The van der Waals surface area contributed by atoms with E-state index in [0.717, 1.165) is 83.5 Å². The van der Waals surface area contributed by atoms with E-state index in [2.05, 4.69) is 55.6 Å². The fourth-order valence-electron chi connectivity index (χ4n) is 7.54. The lowest BCUT2D eigenvalue weighted by Gasteiger charge is -2.20.